The molecule has 0 aliphatic carbocycles. The van der Waals surface area contributed by atoms with E-state index in [0.717, 1.165) is 103 Å². The van der Waals surface area contributed by atoms with Gasteiger partial charge in [-0.3, -0.25) is 14.4 Å². The van der Waals surface area contributed by atoms with Crippen molar-refractivity contribution in [2.45, 2.75) is 341 Å². The van der Waals surface area contributed by atoms with E-state index in [1.165, 1.54) is 193 Å². The average Bonchev–Trinajstić information content (AvgIpc) is 3.42. The maximum absolute atomic E-state index is 12.9. The third-order valence-corrected chi connectivity index (χ3v) is 14.4. The molecule has 0 aromatic heterocycles. The molecule has 76 heavy (non-hydrogen) atoms. The van der Waals surface area contributed by atoms with Gasteiger partial charge in [0.1, 0.15) is 13.2 Å². The molecule has 0 amide bonds. The van der Waals surface area contributed by atoms with Crippen molar-refractivity contribution < 1.29 is 28.6 Å². The van der Waals surface area contributed by atoms with E-state index >= 15 is 0 Å². The largest absolute Gasteiger partial charge is 0.462 e. The van der Waals surface area contributed by atoms with E-state index in [0.29, 0.717) is 19.3 Å². The van der Waals surface area contributed by atoms with E-state index in [4.69, 9.17) is 14.2 Å². The molecule has 0 N–H and O–H groups in total. The van der Waals surface area contributed by atoms with Crippen LogP contribution in [0, 0.1) is 0 Å². The molecule has 0 aromatic carbocycles. The predicted molar refractivity (Wildman–Crippen MR) is 330 cm³/mol. The van der Waals surface area contributed by atoms with E-state index in [2.05, 4.69) is 93.7 Å². The quantitative estimate of drug-likeness (QED) is 0.0261. The number of ether oxygens (including phenoxy) is 3. The van der Waals surface area contributed by atoms with Crippen molar-refractivity contribution in [2.75, 3.05) is 13.2 Å². The lowest BCUT2D eigenvalue weighted by Gasteiger charge is -2.18. The van der Waals surface area contributed by atoms with Gasteiger partial charge >= 0.3 is 17.9 Å². The number of unbranched alkanes of at least 4 members (excludes halogenated alkanes) is 37. The van der Waals surface area contributed by atoms with Gasteiger partial charge in [0.25, 0.3) is 0 Å². The Bertz CT molecular complexity index is 1400. The molecular weight excluding hydrogens is 937 g/mol. The van der Waals surface area contributed by atoms with Crippen LogP contribution >= 0.6 is 0 Å². The van der Waals surface area contributed by atoms with Crippen LogP contribution in [-0.4, -0.2) is 37.2 Å². The molecule has 0 radical (unpaired) electrons. The Kier molecular flexibility index (Phi) is 61.7. The Morgan fingerprint density at radius 1 is 0.276 bits per heavy atom. The molecular formula is C70H124O6. The Morgan fingerprint density at radius 3 is 0.803 bits per heavy atom. The topological polar surface area (TPSA) is 78.9 Å². The SMILES string of the molecule is CC/C=C\C/C=C\C/C=C\C/C=C\CCCCCCCCC(=O)OC(COC(=O)CCCCCCCCCCCCC/C=C\C/C=C\CCCCCCC)COC(=O)CCCCCCCCCCCCCCCCCC. The number of allylic oxidation sites excluding steroid dienone is 12. The van der Waals surface area contributed by atoms with Gasteiger partial charge in [-0.15, -0.1) is 0 Å². The van der Waals surface area contributed by atoms with Crippen molar-refractivity contribution in [1.82, 2.24) is 0 Å². The van der Waals surface area contributed by atoms with Crippen molar-refractivity contribution in [1.29, 1.82) is 0 Å². The molecule has 0 aromatic rings. The number of carbonyl (C=O) groups excluding carboxylic acids is 3. The van der Waals surface area contributed by atoms with Crippen molar-refractivity contribution >= 4 is 17.9 Å². The van der Waals surface area contributed by atoms with Crippen LogP contribution in [0.5, 0.6) is 0 Å². The zero-order chi connectivity index (χ0) is 55.0. The first-order valence-corrected chi connectivity index (χ1v) is 32.9. The molecule has 0 aliphatic heterocycles. The molecule has 0 spiro atoms. The average molecular weight is 1060 g/mol. The maximum Gasteiger partial charge on any atom is 0.306 e. The van der Waals surface area contributed by atoms with Gasteiger partial charge in [0.2, 0.25) is 0 Å². The summed E-state index contributed by atoms with van der Waals surface area (Å²) in [6.45, 7) is 6.55. The minimum atomic E-state index is -0.784. The highest BCUT2D eigenvalue weighted by Crippen LogP contribution is 2.17. The summed E-state index contributed by atoms with van der Waals surface area (Å²) in [7, 11) is 0. The third kappa shape index (κ3) is 61.7. The van der Waals surface area contributed by atoms with Crippen molar-refractivity contribution in [3.05, 3.63) is 72.9 Å². The lowest BCUT2D eigenvalue weighted by Crippen LogP contribution is -2.30. The number of hydrogen-bond acceptors (Lipinski definition) is 6. The van der Waals surface area contributed by atoms with Crippen LogP contribution in [0.4, 0.5) is 0 Å². The van der Waals surface area contributed by atoms with Gasteiger partial charge in [-0.1, -0.05) is 299 Å². The summed E-state index contributed by atoms with van der Waals surface area (Å²) < 4.78 is 17.0. The number of rotatable bonds is 60. The molecule has 0 heterocycles. The van der Waals surface area contributed by atoms with Crippen LogP contribution in [-0.2, 0) is 28.6 Å². The minimum Gasteiger partial charge on any atom is -0.462 e. The first kappa shape index (κ1) is 72.8. The van der Waals surface area contributed by atoms with Crippen molar-refractivity contribution in [3.63, 3.8) is 0 Å². The summed E-state index contributed by atoms with van der Waals surface area (Å²) in [5.74, 6) is -0.876. The van der Waals surface area contributed by atoms with E-state index in [1.54, 1.807) is 0 Å². The van der Waals surface area contributed by atoms with Crippen LogP contribution < -0.4 is 0 Å². The molecule has 0 saturated heterocycles. The van der Waals surface area contributed by atoms with Gasteiger partial charge in [0.15, 0.2) is 6.10 Å². The molecule has 0 saturated carbocycles. The van der Waals surface area contributed by atoms with Gasteiger partial charge in [-0.05, 0) is 89.9 Å². The zero-order valence-corrected chi connectivity index (χ0v) is 50.5. The molecule has 1 unspecified atom stereocenters. The van der Waals surface area contributed by atoms with Crippen LogP contribution in [0.15, 0.2) is 72.9 Å². The lowest BCUT2D eigenvalue weighted by molar-refractivity contribution is -0.167. The second-order valence-corrected chi connectivity index (χ2v) is 22.0. The van der Waals surface area contributed by atoms with E-state index in [9.17, 15) is 14.4 Å². The second-order valence-electron chi connectivity index (χ2n) is 22.0. The van der Waals surface area contributed by atoms with Crippen LogP contribution in [0.1, 0.15) is 335 Å². The van der Waals surface area contributed by atoms with Crippen molar-refractivity contribution in [3.8, 4) is 0 Å². The van der Waals surface area contributed by atoms with E-state index in [-0.39, 0.29) is 31.1 Å². The molecule has 440 valence electrons. The summed E-state index contributed by atoms with van der Waals surface area (Å²) in [5, 5.41) is 0. The Morgan fingerprint density at radius 2 is 0.513 bits per heavy atom. The Labute approximate surface area is 472 Å². The monoisotopic (exact) mass is 1060 g/mol. The van der Waals surface area contributed by atoms with Gasteiger partial charge in [0.05, 0.1) is 0 Å². The highest BCUT2D eigenvalue weighted by Gasteiger charge is 2.19. The van der Waals surface area contributed by atoms with Gasteiger partial charge in [0, 0.05) is 19.3 Å². The first-order valence-electron chi connectivity index (χ1n) is 32.9. The summed E-state index contributed by atoms with van der Waals surface area (Å²) in [6, 6.07) is 0. The molecule has 1 atom stereocenters. The van der Waals surface area contributed by atoms with Crippen LogP contribution in [0.25, 0.3) is 0 Å². The molecule has 0 rings (SSSR count). The first-order chi connectivity index (χ1) is 37.5. The number of esters is 3. The Hall–Kier alpha value is -3.15. The second kappa shape index (κ2) is 64.4. The maximum atomic E-state index is 12.9. The van der Waals surface area contributed by atoms with Crippen LogP contribution in [0.3, 0.4) is 0 Å². The standard InChI is InChI=1S/C70H124O6/c1-4-7-10-13-16-19-22-25-28-31-33-34-35-36-38-39-42-45-48-51-54-57-60-63-69(72)75-66-67(65-74-68(71)62-59-56-53-50-47-44-41-30-27-24-21-18-15-12-9-6-3)76-70(73)64-61-58-55-52-49-46-43-40-37-32-29-26-23-20-17-14-11-8-5-2/h8,11,17,20,22,25-26,29,31,33,37,40,67H,4-7,9-10,12-16,18-19,21,23-24,27-28,30,32,34-36,38-39,41-66H2,1-3H3/b11-8-,20-17-,25-22-,29-26-,33-31-,40-37-. The summed E-state index contributed by atoms with van der Waals surface area (Å²) in [4.78, 5) is 38.4. The molecule has 6 heteroatoms. The normalized spacial score (nSPS) is 12.5. The summed E-state index contributed by atoms with van der Waals surface area (Å²) in [6.07, 6.45) is 83.3. The number of hydrogen-bond donors (Lipinski definition) is 0. The fourth-order valence-corrected chi connectivity index (χ4v) is 9.53. The van der Waals surface area contributed by atoms with E-state index < -0.39 is 6.10 Å². The highest BCUT2D eigenvalue weighted by atomic mass is 16.6. The number of carbonyl (C=O) groups is 3. The zero-order valence-electron chi connectivity index (χ0n) is 50.5. The minimum absolute atomic E-state index is 0.0786. The highest BCUT2D eigenvalue weighted by molar-refractivity contribution is 5.71. The molecule has 0 aliphatic rings. The van der Waals surface area contributed by atoms with Gasteiger partial charge < -0.3 is 14.2 Å². The van der Waals surface area contributed by atoms with E-state index in [1.807, 2.05) is 0 Å². The van der Waals surface area contributed by atoms with Crippen LogP contribution in [0.2, 0.25) is 0 Å². The molecule has 0 fully saturated rings. The van der Waals surface area contributed by atoms with Gasteiger partial charge in [-0.2, -0.15) is 0 Å². The predicted octanol–water partition coefficient (Wildman–Crippen LogP) is 22.5. The summed E-state index contributed by atoms with van der Waals surface area (Å²) in [5.41, 5.74) is 0. The smallest absolute Gasteiger partial charge is 0.306 e. The third-order valence-electron chi connectivity index (χ3n) is 14.4. The summed E-state index contributed by atoms with van der Waals surface area (Å²) >= 11 is 0. The molecule has 0 bridgehead atoms. The van der Waals surface area contributed by atoms with Crippen molar-refractivity contribution in [2.24, 2.45) is 0 Å². The molecule has 6 nitrogen and oxygen atoms in total. The van der Waals surface area contributed by atoms with Gasteiger partial charge in [-0.25, -0.2) is 0 Å². The fourth-order valence-electron chi connectivity index (χ4n) is 9.53. The fraction of sp³-hybridized carbons (Fsp3) is 0.786. The Balaban J connectivity index is 4.36. The lowest BCUT2D eigenvalue weighted by atomic mass is 10.0.